The summed E-state index contributed by atoms with van der Waals surface area (Å²) < 4.78 is 14.9. The van der Waals surface area contributed by atoms with Gasteiger partial charge in [-0.1, -0.05) is 11.6 Å². The van der Waals surface area contributed by atoms with Gasteiger partial charge in [0.1, 0.15) is 10.6 Å². The molecular weight excluding hydrogens is 550 g/mol. The van der Waals surface area contributed by atoms with Crippen molar-refractivity contribution in [1.82, 2.24) is 24.0 Å². The highest BCUT2D eigenvalue weighted by Gasteiger charge is 2.54. The van der Waals surface area contributed by atoms with E-state index in [-0.39, 0.29) is 30.0 Å². The fraction of sp³-hybridized carbons (Fsp3) is 0.571. The molecule has 1 unspecified atom stereocenters. The summed E-state index contributed by atoms with van der Waals surface area (Å²) in [5.74, 6) is 0.945. The Kier molecular flexibility index (Phi) is 6.83. The number of aryl methyl sites for hydroxylation is 1. The Balaban J connectivity index is 1.50. The van der Waals surface area contributed by atoms with E-state index in [0.717, 1.165) is 0 Å². The molecule has 0 radical (unpaired) electrons. The number of carbonyl (C=O) groups excluding carboxylic acids is 1. The highest BCUT2D eigenvalue weighted by atomic mass is 35.5. The van der Waals surface area contributed by atoms with Gasteiger partial charge in [-0.15, -0.1) is 0 Å². The number of ether oxygens (including phenoxy) is 2. The molecule has 2 aromatic heterocycles. The number of hydrogen-bond acceptors (Lipinski definition) is 9. The molecule has 2 fully saturated rings. The first-order valence-corrected chi connectivity index (χ1v) is 13.9. The first-order valence-electron chi connectivity index (χ1n) is 13.5. The van der Waals surface area contributed by atoms with Crippen LogP contribution in [0, 0.1) is 0 Å². The second kappa shape index (κ2) is 9.60. The summed E-state index contributed by atoms with van der Waals surface area (Å²) in [6, 6.07) is 5.47. The summed E-state index contributed by atoms with van der Waals surface area (Å²) in [4.78, 5) is 38.4. The standard InChI is InChI=1S/C28H38ClN7O5/c1-25(2)13-35(14-26(3,4)41-25)22-30-12-18(29)21(32-22)31-17-9-10-19-20(11-17)36(23(37)34(19)8)16-28(27(5,6)39)15-33(7)24(38)40-28/h9-12,39H,13-16H2,1-8H3,(H,30,31,32). The third-order valence-electron chi connectivity index (χ3n) is 7.73. The van der Waals surface area contributed by atoms with Crippen LogP contribution in [0.3, 0.4) is 0 Å². The van der Waals surface area contributed by atoms with Crippen LogP contribution in [0.1, 0.15) is 41.5 Å². The SMILES string of the molecule is CN1CC(Cn2c(=O)n(C)c3ccc(Nc4nc(N5CC(C)(C)OC(C)(C)C5)ncc4Cl)cc32)(C(C)(C)O)OC1=O. The smallest absolute Gasteiger partial charge is 0.410 e. The normalized spacial score (nSPS) is 22.3. The van der Waals surface area contributed by atoms with Crippen LogP contribution in [0.25, 0.3) is 11.0 Å². The average molecular weight is 588 g/mol. The number of morpholine rings is 1. The Bertz CT molecular complexity index is 1560. The zero-order chi connectivity index (χ0) is 30.1. The highest BCUT2D eigenvalue weighted by molar-refractivity contribution is 6.32. The van der Waals surface area contributed by atoms with E-state index in [1.165, 1.54) is 14.0 Å². The Morgan fingerprint density at radius 2 is 1.73 bits per heavy atom. The Morgan fingerprint density at radius 1 is 1.07 bits per heavy atom. The summed E-state index contributed by atoms with van der Waals surface area (Å²) in [7, 11) is 3.28. The summed E-state index contributed by atoms with van der Waals surface area (Å²) in [5.41, 5.74) is -1.90. The number of carbonyl (C=O) groups is 1. The molecule has 1 atom stereocenters. The molecule has 4 heterocycles. The largest absolute Gasteiger partial charge is 0.436 e. The Morgan fingerprint density at radius 3 is 2.32 bits per heavy atom. The minimum Gasteiger partial charge on any atom is -0.436 e. The predicted molar refractivity (Wildman–Crippen MR) is 157 cm³/mol. The van der Waals surface area contributed by atoms with Crippen LogP contribution < -0.4 is 15.9 Å². The van der Waals surface area contributed by atoms with Gasteiger partial charge in [-0.3, -0.25) is 9.13 Å². The van der Waals surface area contributed by atoms with E-state index in [4.69, 9.17) is 26.1 Å². The van der Waals surface area contributed by atoms with E-state index in [2.05, 4.69) is 15.2 Å². The molecule has 12 nitrogen and oxygen atoms in total. The molecule has 2 aliphatic heterocycles. The van der Waals surface area contributed by atoms with Crippen molar-refractivity contribution in [3.05, 3.63) is 39.9 Å². The van der Waals surface area contributed by atoms with Crippen molar-refractivity contribution in [3.63, 3.8) is 0 Å². The molecule has 0 bridgehead atoms. The lowest BCUT2D eigenvalue weighted by Crippen LogP contribution is -2.57. The molecule has 1 aromatic carbocycles. The number of amides is 1. The summed E-state index contributed by atoms with van der Waals surface area (Å²) in [5, 5.41) is 14.7. The number of nitrogens with zero attached hydrogens (tertiary/aromatic N) is 6. The van der Waals surface area contributed by atoms with Crippen LogP contribution in [0.5, 0.6) is 0 Å². The van der Waals surface area contributed by atoms with Gasteiger partial charge in [0.15, 0.2) is 11.4 Å². The van der Waals surface area contributed by atoms with Crippen molar-refractivity contribution < 1.29 is 19.4 Å². The van der Waals surface area contributed by atoms with E-state index in [1.807, 2.05) is 45.9 Å². The number of benzene rings is 1. The van der Waals surface area contributed by atoms with Gasteiger partial charge in [0.25, 0.3) is 0 Å². The highest BCUT2D eigenvalue weighted by Crippen LogP contribution is 2.36. The van der Waals surface area contributed by atoms with Crippen LogP contribution in [-0.2, 0) is 23.1 Å². The molecule has 222 valence electrons. The number of aromatic nitrogens is 4. The second-order valence-corrected chi connectivity index (χ2v) is 13.3. The van der Waals surface area contributed by atoms with Gasteiger partial charge >= 0.3 is 11.8 Å². The van der Waals surface area contributed by atoms with Crippen LogP contribution in [-0.4, -0.2) is 84.3 Å². The number of anilines is 3. The summed E-state index contributed by atoms with van der Waals surface area (Å²) >= 11 is 6.51. The summed E-state index contributed by atoms with van der Waals surface area (Å²) in [6.07, 6.45) is 1.01. The topological polar surface area (TPSA) is 127 Å². The fourth-order valence-electron chi connectivity index (χ4n) is 5.88. The van der Waals surface area contributed by atoms with Gasteiger partial charge in [0, 0.05) is 32.9 Å². The average Bonchev–Trinajstić information content (AvgIpc) is 3.26. The molecule has 41 heavy (non-hydrogen) atoms. The molecule has 13 heteroatoms. The minimum atomic E-state index is -1.42. The van der Waals surface area contributed by atoms with Crippen LogP contribution >= 0.6 is 11.6 Å². The zero-order valence-corrected chi connectivity index (χ0v) is 25.5. The number of imidazole rings is 1. The predicted octanol–water partition coefficient (Wildman–Crippen LogP) is 3.51. The molecule has 0 aliphatic carbocycles. The molecule has 1 amide bonds. The van der Waals surface area contributed by atoms with Gasteiger partial charge in [-0.2, -0.15) is 4.98 Å². The molecule has 3 aromatic rings. The second-order valence-electron chi connectivity index (χ2n) is 12.9. The van der Waals surface area contributed by atoms with Crippen molar-refractivity contribution in [2.45, 2.75) is 70.5 Å². The molecule has 2 aliphatic rings. The monoisotopic (exact) mass is 587 g/mol. The first kappa shape index (κ1) is 29.2. The van der Waals surface area contributed by atoms with Gasteiger partial charge in [0.05, 0.1) is 41.5 Å². The van der Waals surface area contributed by atoms with E-state index in [9.17, 15) is 14.7 Å². The van der Waals surface area contributed by atoms with Crippen molar-refractivity contribution in [2.24, 2.45) is 7.05 Å². The van der Waals surface area contributed by atoms with Crippen LogP contribution in [0.15, 0.2) is 29.2 Å². The van der Waals surface area contributed by atoms with Crippen molar-refractivity contribution in [2.75, 3.05) is 36.9 Å². The Labute approximate surface area is 243 Å². The molecule has 2 N–H and O–H groups in total. The molecule has 2 saturated heterocycles. The Hall–Kier alpha value is -3.35. The van der Waals surface area contributed by atoms with E-state index in [1.54, 1.807) is 34.1 Å². The van der Waals surface area contributed by atoms with Crippen LogP contribution in [0.4, 0.5) is 22.2 Å². The number of halogens is 1. The molecule has 0 saturated carbocycles. The number of fused-ring (bicyclic) bond motifs is 1. The zero-order valence-electron chi connectivity index (χ0n) is 24.8. The maximum Gasteiger partial charge on any atom is 0.410 e. The van der Waals surface area contributed by atoms with E-state index >= 15 is 0 Å². The third kappa shape index (κ3) is 5.35. The van der Waals surface area contributed by atoms with Crippen molar-refractivity contribution in [1.29, 1.82) is 0 Å². The minimum absolute atomic E-state index is 0.0345. The third-order valence-corrected chi connectivity index (χ3v) is 8.01. The van der Waals surface area contributed by atoms with Crippen molar-refractivity contribution >= 4 is 46.2 Å². The van der Waals surface area contributed by atoms with E-state index < -0.39 is 17.3 Å². The maximum absolute atomic E-state index is 13.4. The van der Waals surface area contributed by atoms with Gasteiger partial charge < -0.3 is 29.7 Å². The number of cyclic esters (lactones) is 1. The molecule has 0 spiro atoms. The fourth-order valence-corrected chi connectivity index (χ4v) is 6.02. The first-order chi connectivity index (χ1) is 18.9. The molecule has 5 rings (SSSR count). The number of rotatable bonds is 6. The lowest BCUT2D eigenvalue weighted by atomic mass is 9.85. The number of likely N-dealkylation sites (N-methyl/N-ethyl adjacent to an activating group) is 1. The summed E-state index contributed by atoms with van der Waals surface area (Å²) in [6.45, 7) is 12.6. The van der Waals surface area contributed by atoms with Crippen LogP contribution in [0.2, 0.25) is 5.02 Å². The number of aliphatic hydroxyl groups is 1. The van der Waals surface area contributed by atoms with Gasteiger partial charge in [0.2, 0.25) is 5.95 Å². The maximum atomic E-state index is 13.4. The number of hydrogen-bond donors (Lipinski definition) is 2. The quantitative estimate of drug-likeness (QED) is 0.445. The molecular formula is C28H38ClN7O5. The van der Waals surface area contributed by atoms with Gasteiger partial charge in [-0.25, -0.2) is 14.6 Å². The number of nitrogens with one attached hydrogen (secondary N) is 1. The van der Waals surface area contributed by atoms with Gasteiger partial charge in [-0.05, 0) is 59.7 Å². The van der Waals surface area contributed by atoms with E-state index in [0.29, 0.717) is 46.6 Å². The lowest BCUT2D eigenvalue weighted by Gasteiger charge is -2.47. The van der Waals surface area contributed by atoms with Crippen molar-refractivity contribution in [3.8, 4) is 0 Å². The lowest BCUT2D eigenvalue weighted by molar-refractivity contribution is -0.133.